The summed E-state index contributed by atoms with van der Waals surface area (Å²) in [6.45, 7) is 8.55. The van der Waals surface area contributed by atoms with Gasteiger partial charge in [-0.3, -0.25) is 4.98 Å². The zero-order valence-electron chi connectivity index (χ0n) is 21.3. The Labute approximate surface area is 214 Å². The molecule has 3 heterocycles. The van der Waals surface area contributed by atoms with Gasteiger partial charge in [0, 0.05) is 42.9 Å². The van der Waals surface area contributed by atoms with Gasteiger partial charge in [0.15, 0.2) is 0 Å². The summed E-state index contributed by atoms with van der Waals surface area (Å²) in [5.74, 6) is -0.0978. The number of aromatic nitrogens is 1. The summed E-state index contributed by atoms with van der Waals surface area (Å²) in [5, 5.41) is 32.2. The van der Waals surface area contributed by atoms with Crippen LogP contribution in [0.15, 0.2) is 18.2 Å². The number of halogens is 3. The van der Waals surface area contributed by atoms with Crippen molar-refractivity contribution >= 4 is 0 Å². The summed E-state index contributed by atoms with van der Waals surface area (Å²) in [5.41, 5.74) is 0.650. The van der Waals surface area contributed by atoms with Crippen molar-refractivity contribution in [3.8, 4) is 6.07 Å². The number of nitriles is 1. The van der Waals surface area contributed by atoms with Crippen LogP contribution in [0.3, 0.4) is 0 Å². The minimum absolute atomic E-state index is 0.0978. The molecule has 1 aromatic carbocycles. The highest BCUT2D eigenvalue weighted by Crippen LogP contribution is 2.59. The molecule has 2 aliphatic heterocycles. The maximum Gasteiger partial charge on any atom is 0.417 e. The van der Waals surface area contributed by atoms with Gasteiger partial charge in [-0.15, -0.1) is 0 Å². The number of nitrogens with zero attached hydrogens (tertiary/aromatic N) is 2. The number of ether oxygens (including phenoxy) is 2. The largest absolute Gasteiger partial charge is 0.417 e. The van der Waals surface area contributed by atoms with Crippen LogP contribution in [0.1, 0.15) is 116 Å². The Morgan fingerprint density at radius 2 is 1.81 bits per heavy atom. The second-order valence-corrected chi connectivity index (χ2v) is 11.4. The summed E-state index contributed by atoms with van der Waals surface area (Å²) in [6, 6.07) is 5.21. The first-order valence-corrected chi connectivity index (χ1v) is 12.6. The van der Waals surface area contributed by atoms with Crippen molar-refractivity contribution in [2.75, 3.05) is 13.2 Å². The lowest BCUT2D eigenvalue weighted by Crippen LogP contribution is -2.38. The van der Waals surface area contributed by atoms with Crippen molar-refractivity contribution in [2.45, 2.75) is 83.0 Å². The molecule has 2 N–H and O–H groups in total. The van der Waals surface area contributed by atoms with E-state index in [0.29, 0.717) is 60.6 Å². The Hall–Kier alpha value is -2.51. The van der Waals surface area contributed by atoms with Gasteiger partial charge < -0.3 is 19.7 Å². The van der Waals surface area contributed by atoms with Crippen LogP contribution in [0.4, 0.5) is 13.2 Å². The number of pyridine rings is 1. The van der Waals surface area contributed by atoms with E-state index in [4.69, 9.17) is 14.5 Å². The van der Waals surface area contributed by atoms with Crippen LogP contribution in [0.25, 0.3) is 0 Å². The monoisotopic (exact) mass is 516 g/mol. The van der Waals surface area contributed by atoms with E-state index in [0.717, 1.165) is 11.6 Å². The molecule has 37 heavy (non-hydrogen) atoms. The second-order valence-electron chi connectivity index (χ2n) is 11.4. The summed E-state index contributed by atoms with van der Waals surface area (Å²) in [6.07, 6.45) is -5.92. The van der Waals surface area contributed by atoms with Crippen LogP contribution in [-0.4, -0.2) is 28.4 Å². The van der Waals surface area contributed by atoms with Gasteiger partial charge in [-0.05, 0) is 41.0 Å². The van der Waals surface area contributed by atoms with Gasteiger partial charge in [-0.25, -0.2) is 0 Å². The van der Waals surface area contributed by atoms with Crippen molar-refractivity contribution in [2.24, 2.45) is 5.41 Å². The maximum absolute atomic E-state index is 13.5. The average Bonchev–Trinajstić information content (AvgIpc) is 3.15. The van der Waals surface area contributed by atoms with E-state index in [1.807, 2.05) is 27.7 Å². The zero-order chi connectivity index (χ0) is 26.9. The van der Waals surface area contributed by atoms with E-state index in [1.54, 1.807) is 6.07 Å². The molecule has 198 valence electrons. The highest BCUT2D eigenvalue weighted by molar-refractivity contribution is 5.56. The van der Waals surface area contributed by atoms with E-state index in [9.17, 15) is 28.6 Å². The molecule has 5 rings (SSSR count). The van der Waals surface area contributed by atoms with Gasteiger partial charge >= 0.3 is 6.18 Å². The fraction of sp³-hybridized carbons (Fsp3) is 0.571. The first-order valence-electron chi connectivity index (χ1n) is 12.6. The lowest BCUT2D eigenvalue weighted by Gasteiger charge is -2.42. The number of rotatable bonds is 2. The lowest BCUT2D eigenvalue weighted by atomic mass is 9.68. The van der Waals surface area contributed by atoms with Crippen molar-refractivity contribution < 1.29 is 32.9 Å². The fourth-order valence-corrected chi connectivity index (χ4v) is 6.19. The molecule has 0 bridgehead atoms. The molecule has 2 aromatic rings. The van der Waals surface area contributed by atoms with E-state index in [1.165, 1.54) is 12.1 Å². The molecule has 1 spiro atoms. The molecule has 3 unspecified atom stereocenters. The second kappa shape index (κ2) is 8.77. The van der Waals surface area contributed by atoms with E-state index >= 15 is 0 Å². The molecule has 1 aliphatic carbocycles. The molecule has 1 saturated heterocycles. The molecule has 0 saturated carbocycles. The summed E-state index contributed by atoms with van der Waals surface area (Å²) in [7, 11) is 0. The van der Waals surface area contributed by atoms with Crippen LogP contribution in [0.5, 0.6) is 0 Å². The highest BCUT2D eigenvalue weighted by atomic mass is 19.4. The standard InChI is InChI=1S/C28H31F3N2O4/c1-14(2)22-20-21(19-18(34)12-26(3,4)25(35)23(19)33-22)27(7-9-36-10-8-27)37-24(20)15-5-6-17(28(29,30)31)16(11-15)13-32/h5-6,11,14,18,24-25,34-35H,7-10,12H2,1-4H3. The van der Waals surface area contributed by atoms with Gasteiger partial charge in [0.2, 0.25) is 0 Å². The lowest BCUT2D eigenvalue weighted by molar-refractivity contribution is -0.138. The van der Waals surface area contributed by atoms with E-state index in [2.05, 4.69) is 0 Å². The predicted molar refractivity (Wildman–Crippen MR) is 127 cm³/mol. The van der Waals surface area contributed by atoms with Gasteiger partial charge in [0.25, 0.3) is 0 Å². The van der Waals surface area contributed by atoms with Crippen LogP contribution in [0.2, 0.25) is 0 Å². The van der Waals surface area contributed by atoms with Crippen LogP contribution in [-0.2, 0) is 21.3 Å². The SMILES string of the molecule is CC(C)c1nc2c(c3c1C(c1ccc(C(F)(F)F)c(C#N)c1)OC31CCOCC1)C(O)CC(C)(C)C2O. The molecule has 3 atom stereocenters. The van der Waals surface area contributed by atoms with Crippen LogP contribution < -0.4 is 0 Å². The number of benzene rings is 1. The molecule has 0 radical (unpaired) electrons. The zero-order valence-corrected chi connectivity index (χ0v) is 21.3. The maximum atomic E-state index is 13.5. The molecule has 1 aromatic heterocycles. The Kier molecular flexibility index (Phi) is 6.19. The van der Waals surface area contributed by atoms with Gasteiger partial charge in [0.1, 0.15) is 12.2 Å². The molecule has 9 heteroatoms. The minimum atomic E-state index is -4.66. The quantitative estimate of drug-likeness (QED) is 0.530. The Bertz CT molecular complexity index is 1280. The van der Waals surface area contributed by atoms with Crippen molar-refractivity contribution in [3.63, 3.8) is 0 Å². The Balaban J connectivity index is 1.80. The van der Waals surface area contributed by atoms with Gasteiger partial charge in [-0.1, -0.05) is 33.8 Å². The molecule has 0 amide bonds. The third-order valence-electron chi connectivity index (χ3n) is 8.06. The normalized spacial score (nSPS) is 26.1. The summed E-state index contributed by atoms with van der Waals surface area (Å²) in [4.78, 5) is 4.90. The number of alkyl halides is 3. The van der Waals surface area contributed by atoms with Crippen molar-refractivity contribution in [1.29, 1.82) is 5.26 Å². The predicted octanol–water partition coefficient (Wildman–Crippen LogP) is 5.72. The molecular weight excluding hydrogens is 485 g/mol. The number of hydrogen-bond donors (Lipinski definition) is 2. The topological polar surface area (TPSA) is 95.6 Å². The first kappa shape index (κ1) is 26.1. The smallest absolute Gasteiger partial charge is 0.388 e. The van der Waals surface area contributed by atoms with Crippen LogP contribution >= 0.6 is 0 Å². The molecule has 6 nitrogen and oxygen atoms in total. The van der Waals surface area contributed by atoms with Crippen LogP contribution in [0, 0.1) is 16.7 Å². The summed E-state index contributed by atoms with van der Waals surface area (Å²) >= 11 is 0. The molecular formula is C28H31F3N2O4. The van der Waals surface area contributed by atoms with Crippen molar-refractivity contribution in [3.05, 3.63) is 63.0 Å². The molecule has 1 fully saturated rings. The van der Waals surface area contributed by atoms with Gasteiger partial charge in [-0.2, -0.15) is 18.4 Å². The van der Waals surface area contributed by atoms with Gasteiger partial charge in [0.05, 0.1) is 34.6 Å². The molecule has 3 aliphatic rings. The van der Waals surface area contributed by atoms with E-state index < -0.39 is 46.6 Å². The number of aliphatic hydroxyl groups excluding tert-OH is 2. The first-order chi connectivity index (χ1) is 17.3. The Morgan fingerprint density at radius 1 is 1.14 bits per heavy atom. The average molecular weight is 517 g/mol. The third-order valence-corrected chi connectivity index (χ3v) is 8.06. The number of fused-ring (bicyclic) bond motifs is 4. The minimum Gasteiger partial charge on any atom is -0.388 e. The Morgan fingerprint density at radius 3 is 2.41 bits per heavy atom. The summed E-state index contributed by atoms with van der Waals surface area (Å²) < 4.78 is 52.9. The fourth-order valence-electron chi connectivity index (χ4n) is 6.19. The number of hydrogen-bond acceptors (Lipinski definition) is 6. The van der Waals surface area contributed by atoms with Crippen molar-refractivity contribution in [1.82, 2.24) is 4.98 Å². The third kappa shape index (κ3) is 4.06. The number of aliphatic hydroxyl groups is 2. The highest BCUT2D eigenvalue weighted by Gasteiger charge is 2.54. The van der Waals surface area contributed by atoms with E-state index in [-0.39, 0.29) is 5.92 Å².